The number of nitrogens with one attached hydrogen (secondary N) is 1. The number of unbranched alkanes of at least 4 members (excludes halogenated alkanes) is 1. The van der Waals surface area contributed by atoms with E-state index in [-0.39, 0.29) is 5.91 Å². The molecular formula is C18H21ClN2O2. The number of ether oxygens (including phenoxy) is 1. The van der Waals surface area contributed by atoms with Gasteiger partial charge < -0.3 is 4.74 Å². The summed E-state index contributed by atoms with van der Waals surface area (Å²) in [5, 5.41) is 0.470. The highest BCUT2D eigenvalue weighted by atomic mass is 35.5. The zero-order valence-corrected chi connectivity index (χ0v) is 13.8. The average Bonchev–Trinajstić information content (AvgIpc) is 2.59. The van der Waals surface area contributed by atoms with Gasteiger partial charge in [0.2, 0.25) is 0 Å². The summed E-state index contributed by atoms with van der Waals surface area (Å²) < 4.78 is 5.77. The molecule has 0 aliphatic rings. The van der Waals surface area contributed by atoms with E-state index in [4.69, 9.17) is 22.2 Å². The molecule has 122 valence electrons. The summed E-state index contributed by atoms with van der Waals surface area (Å²) in [7, 11) is 0. The third-order valence-electron chi connectivity index (χ3n) is 3.56. The molecule has 2 aromatic carbocycles. The van der Waals surface area contributed by atoms with Crippen LogP contribution in [0, 0.1) is 0 Å². The topological polar surface area (TPSA) is 64.3 Å². The summed E-state index contributed by atoms with van der Waals surface area (Å²) in [6, 6.07) is 15.5. The van der Waals surface area contributed by atoms with Crippen LogP contribution in [0.2, 0.25) is 5.02 Å². The van der Waals surface area contributed by atoms with Crippen molar-refractivity contribution in [2.24, 2.45) is 5.84 Å². The number of rotatable bonds is 7. The Balaban J connectivity index is 2.17. The van der Waals surface area contributed by atoms with Crippen LogP contribution >= 0.6 is 11.6 Å². The van der Waals surface area contributed by atoms with Gasteiger partial charge in [-0.25, -0.2) is 5.84 Å². The van der Waals surface area contributed by atoms with E-state index < -0.39 is 6.10 Å². The Labute approximate surface area is 141 Å². The maximum atomic E-state index is 11.8. The van der Waals surface area contributed by atoms with Crippen molar-refractivity contribution in [2.45, 2.75) is 32.3 Å². The number of nitrogens with two attached hydrogens (primary N) is 1. The van der Waals surface area contributed by atoms with Crippen LogP contribution in [0.4, 0.5) is 0 Å². The summed E-state index contributed by atoms with van der Waals surface area (Å²) in [5.41, 5.74) is 4.21. The molecule has 4 nitrogen and oxygen atoms in total. The van der Waals surface area contributed by atoms with E-state index in [0.29, 0.717) is 17.2 Å². The van der Waals surface area contributed by atoms with Crippen LogP contribution in [0.15, 0.2) is 48.5 Å². The lowest BCUT2D eigenvalue weighted by molar-refractivity contribution is -0.128. The molecule has 0 spiro atoms. The van der Waals surface area contributed by atoms with Crippen LogP contribution in [-0.2, 0) is 4.79 Å². The van der Waals surface area contributed by atoms with Crippen molar-refractivity contribution < 1.29 is 9.53 Å². The minimum atomic E-state index is -0.639. The lowest BCUT2D eigenvalue weighted by Gasteiger charge is -2.18. The van der Waals surface area contributed by atoms with Crippen LogP contribution in [-0.4, -0.2) is 12.0 Å². The molecule has 3 N–H and O–H groups in total. The van der Waals surface area contributed by atoms with Crippen molar-refractivity contribution in [2.75, 3.05) is 0 Å². The van der Waals surface area contributed by atoms with Crippen molar-refractivity contribution in [1.82, 2.24) is 5.43 Å². The molecule has 0 aliphatic carbocycles. The minimum absolute atomic E-state index is 0.346. The molecule has 1 amide bonds. The standard InChI is InChI=1S/C18H21ClN2O2/c1-2-3-9-17(18(22)21-20)23-16-11-10-14(12-15(16)19)13-7-5-4-6-8-13/h4-8,10-12,17H,2-3,9,20H2,1H3,(H,21,22). The minimum Gasteiger partial charge on any atom is -0.479 e. The van der Waals surface area contributed by atoms with Gasteiger partial charge in [-0.15, -0.1) is 0 Å². The van der Waals surface area contributed by atoms with Crippen molar-refractivity contribution >= 4 is 17.5 Å². The van der Waals surface area contributed by atoms with E-state index in [2.05, 4.69) is 12.3 Å². The highest BCUT2D eigenvalue weighted by molar-refractivity contribution is 6.32. The predicted molar refractivity (Wildman–Crippen MR) is 93.2 cm³/mol. The van der Waals surface area contributed by atoms with Crippen molar-refractivity contribution in [3.8, 4) is 16.9 Å². The van der Waals surface area contributed by atoms with Gasteiger partial charge in [0.15, 0.2) is 6.10 Å². The third-order valence-corrected chi connectivity index (χ3v) is 3.86. The fourth-order valence-corrected chi connectivity index (χ4v) is 2.51. The SMILES string of the molecule is CCCCC(Oc1ccc(-c2ccccc2)cc1Cl)C(=O)NN. The van der Waals surface area contributed by atoms with E-state index in [9.17, 15) is 4.79 Å². The molecule has 0 saturated carbocycles. The zero-order valence-electron chi connectivity index (χ0n) is 13.1. The van der Waals surface area contributed by atoms with Gasteiger partial charge in [0.1, 0.15) is 5.75 Å². The van der Waals surface area contributed by atoms with E-state index in [0.717, 1.165) is 24.0 Å². The van der Waals surface area contributed by atoms with Gasteiger partial charge in [-0.05, 0) is 36.1 Å². The molecule has 0 radical (unpaired) electrons. The number of benzene rings is 2. The number of carbonyl (C=O) groups excluding carboxylic acids is 1. The molecular weight excluding hydrogens is 312 g/mol. The molecule has 1 atom stereocenters. The van der Waals surface area contributed by atoms with E-state index >= 15 is 0 Å². The van der Waals surface area contributed by atoms with Crippen molar-refractivity contribution in [3.63, 3.8) is 0 Å². The Kier molecular flexibility index (Phi) is 6.44. The molecule has 5 heteroatoms. The number of hydrazine groups is 1. The molecule has 0 saturated heterocycles. The van der Waals surface area contributed by atoms with Gasteiger partial charge in [-0.3, -0.25) is 10.2 Å². The molecule has 23 heavy (non-hydrogen) atoms. The molecule has 0 aromatic heterocycles. The first-order valence-corrected chi connectivity index (χ1v) is 8.05. The lowest BCUT2D eigenvalue weighted by Crippen LogP contribution is -2.42. The van der Waals surface area contributed by atoms with Crippen LogP contribution in [0.25, 0.3) is 11.1 Å². The van der Waals surface area contributed by atoms with Gasteiger partial charge in [0, 0.05) is 0 Å². The molecule has 0 bridgehead atoms. The zero-order chi connectivity index (χ0) is 16.7. The van der Waals surface area contributed by atoms with Gasteiger partial charge in [-0.1, -0.05) is 61.3 Å². The Morgan fingerprint density at radius 3 is 2.57 bits per heavy atom. The Morgan fingerprint density at radius 1 is 1.22 bits per heavy atom. The summed E-state index contributed by atoms with van der Waals surface area (Å²) in [4.78, 5) is 11.8. The highest BCUT2D eigenvalue weighted by Gasteiger charge is 2.20. The number of carbonyl (C=O) groups is 1. The second-order valence-electron chi connectivity index (χ2n) is 5.27. The number of amides is 1. The molecule has 1 unspecified atom stereocenters. The average molecular weight is 333 g/mol. The van der Waals surface area contributed by atoms with Gasteiger partial charge in [0.05, 0.1) is 5.02 Å². The summed E-state index contributed by atoms with van der Waals surface area (Å²) >= 11 is 6.32. The maximum Gasteiger partial charge on any atom is 0.274 e. The van der Waals surface area contributed by atoms with Crippen LogP contribution in [0.3, 0.4) is 0 Å². The lowest BCUT2D eigenvalue weighted by atomic mass is 10.1. The summed E-state index contributed by atoms with van der Waals surface area (Å²) in [6.45, 7) is 2.05. The first-order chi connectivity index (χ1) is 11.2. The fraction of sp³-hybridized carbons (Fsp3) is 0.278. The number of hydrogen-bond acceptors (Lipinski definition) is 3. The fourth-order valence-electron chi connectivity index (χ4n) is 2.29. The van der Waals surface area contributed by atoms with Crippen LogP contribution in [0.5, 0.6) is 5.75 Å². The molecule has 2 rings (SSSR count). The summed E-state index contributed by atoms with van der Waals surface area (Å²) in [6.07, 6.45) is 1.80. The molecule has 2 aromatic rings. The normalized spacial score (nSPS) is 11.8. The maximum absolute atomic E-state index is 11.8. The van der Waals surface area contributed by atoms with Crippen molar-refractivity contribution in [3.05, 3.63) is 53.6 Å². The van der Waals surface area contributed by atoms with Gasteiger partial charge in [0.25, 0.3) is 5.91 Å². The second-order valence-corrected chi connectivity index (χ2v) is 5.68. The monoisotopic (exact) mass is 332 g/mol. The Morgan fingerprint density at radius 2 is 1.96 bits per heavy atom. The predicted octanol–water partition coefficient (Wildman–Crippen LogP) is 3.93. The molecule has 0 aliphatic heterocycles. The van der Waals surface area contributed by atoms with Crippen molar-refractivity contribution in [1.29, 1.82) is 0 Å². The van der Waals surface area contributed by atoms with E-state index in [1.807, 2.05) is 42.5 Å². The second kappa shape index (κ2) is 8.56. The third kappa shape index (κ3) is 4.71. The molecule has 0 fully saturated rings. The number of halogens is 1. The van der Waals surface area contributed by atoms with E-state index in [1.165, 1.54) is 0 Å². The molecule has 0 heterocycles. The van der Waals surface area contributed by atoms with Gasteiger partial charge >= 0.3 is 0 Å². The number of hydrogen-bond donors (Lipinski definition) is 2. The Bertz CT molecular complexity index is 647. The largest absolute Gasteiger partial charge is 0.479 e. The van der Waals surface area contributed by atoms with Crippen LogP contribution in [0.1, 0.15) is 26.2 Å². The van der Waals surface area contributed by atoms with Crippen LogP contribution < -0.4 is 16.0 Å². The Hall–Kier alpha value is -2.04. The first kappa shape index (κ1) is 17.3. The highest BCUT2D eigenvalue weighted by Crippen LogP contribution is 2.31. The quantitative estimate of drug-likeness (QED) is 0.458. The summed E-state index contributed by atoms with van der Waals surface area (Å²) in [5.74, 6) is 5.36. The smallest absolute Gasteiger partial charge is 0.274 e. The van der Waals surface area contributed by atoms with E-state index in [1.54, 1.807) is 6.07 Å². The van der Waals surface area contributed by atoms with Gasteiger partial charge in [-0.2, -0.15) is 0 Å². The first-order valence-electron chi connectivity index (χ1n) is 7.67.